The van der Waals surface area contributed by atoms with Crippen LogP contribution < -0.4 is 10.0 Å². The van der Waals surface area contributed by atoms with Crippen molar-refractivity contribution in [3.05, 3.63) is 21.9 Å². The van der Waals surface area contributed by atoms with Crippen LogP contribution in [-0.2, 0) is 23.0 Å². The third-order valence-corrected chi connectivity index (χ3v) is 6.14. The van der Waals surface area contributed by atoms with Gasteiger partial charge in [-0.05, 0) is 49.2 Å². The molecule has 1 fully saturated rings. The Hall–Kier alpha value is -0.430. The van der Waals surface area contributed by atoms with Crippen molar-refractivity contribution in [2.45, 2.75) is 51.6 Å². The highest BCUT2D eigenvalue weighted by molar-refractivity contribution is 7.89. The molecule has 0 aliphatic carbocycles. The molecule has 0 amide bonds. The van der Waals surface area contributed by atoms with Gasteiger partial charge in [-0.25, -0.2) is 13.1 Å². The van der Waals surface area contributed by atoms with Gasteiger partial charge in [0.2, 0.25) is 10.0 Å². The Kier molecular flexibility index (Phi) is 6.01. The fraction of sp³-hybridized carbons (Fsp3) is 0.714. The zero-order valence-electron chi connectivity index (χ0n) is 12.0. The summed E-state index contributed by atoms with van der Waals surface area (Å²) in [6.45, 7) is 3.54. The van der Waals surface area contributed by atoms with E-state index < -0.39 is 10.0 Å². The van der Waals surface area contributed by atoms with Gasteiger partial charge in [0.05, 0.1) is 5.75 Å². The Morgan fingerprint density at radius 1 is 1.45 bits per heavy atom. The van der Waals surface area contributed by atoms with Gasteiger partial charge in [0.15, 0.2) is 0 Å². The van der Waals surface area contributed by atoms with Crippen LogP contribution in [0.1, 0.15) is 43.0 Å². The Morgan fingerprint density at radius 3 is 3.00 bits per heavy atom. The van der Waals surface area contributed by atoms with Gasteiger partial charge in [-0.2, -0.15) is 0 Å². The second-order valence-corrected chi connectivity index (χ2v) is 8.23. The topological polar surface area (TPSA) is 58.2 Å². The Bertz CT molecular complexity index is 505. The SMILES string of the molecule is CCc1ccsc1CNS(=O)(=O)CCC1CCCCN1. The fourth-order valence-corrected chi connectivity index (χ4v) is 4.66. The predicted octanol–water partition coefficient (Wildman–Crippen LogP) is 2.26. The highest BCUT2D eigenvalue weighted by atomic mass is 32.2. The van der Waals surface area contributed by atoms with Gasteiger partial charge in [-0.15, -0.1) is 11.3 Å². The molecule has 6 heteroatoms. The molecule has 0 spiro atoms. The molecule has 1 aromatic heterocycles. The van der Waals surface area contributed by atoms with Gasteiger partial charge >= 0.3 is 0 Å². The summed E-state index contributed by atoms with van der Waals surface area (Å²) in [6, 6.07) is 2.44. The molecule has 0 radical (unpaired) electrons. The van der Waals surface area contributed by atoms with E-state index in [0.29, 0.717) is 19.0 Å². The van der Waals surface area contributed by atoms with E-state index in [4.69, 9.17) is 0 Å². The summed E-state index contributed by atoms with van der Waals surface area (Å²) < 4.78 is 26.8. The molecule has 0 bridgehead atoms. The first-order valence-electron chi connectivity index (χ1n) is 7.36. The lowest BCUT2D eigenvalue weighted by Crippen LogP contribution is -2.37. The fourth-order valence-electron chi connectivity index (χ4n) is 2.55. The van der Waals surface area contributed by atoms with Crippen molar-refractivity contribution in [1.82, 2.24) is 10.0 Å². The predicted molar refractivity (Wildman–Crippen MR) is 84.6 cm³/mol. The standard InChI is InChI=1S/C14H24N2O2S2/c1-2-12-6-9-19-14(12)11-16-20(17,18)10-7-13-5-3-4-8-15-13/h6,9,13,15-16H,2-5,7-8,10-11H2,1H3. The summed E-state index contributed by atoms with van der Waals surface area (Å²) in [5.74, 6) is 0.220. The van der Waals surface area contributed by atoms with E-state index >= 15 is 0 Å². The van der Waals surface area contributed by atoms with Crippen LogP contribution in [0, 0.1) is 0 Å². The van der Waals surface area contributed by atoms with Crippen LogP contribution in [0.4, 0.5) is 0 Å². The highest BCUT2D eigenvalue weighted by Crippen LogP contribution is 2.17. The summed E-state index contributed by atoms with van der Waals surface area (Å²) >= 11 is 1.62. The Labute approximate surface area is 126 Å². The first-order valence-corrected chi connectivity index (χ1v) is 9.90. The molecule has 1 aromatic rings. The van der Waals surface area contributed by atoms with Gasteiger partial charge in [0.25, 0.3) is 0 Å². The van der Waals surface area contributed by atoms with Gasteiger partial charge in [0, 0.05) is 17.5 Å². The molecule has 0 aromatic carbocycles. The molecule has 1 aliphatic rings. The van der Waals surface area contributed by atoms with Crippen molar-refractivity contribution >= 4 is 21.4 Å². The van der Waals surface area contributed by atoms with Crippen molar-refractivity contribution in [3.63, 3.8) is 0 Å². The van der Waals surface area contributed by atoms with Gasteiger partial charge in [0.1, 0.15) is 0 Å². The summed E-state index contributed by atoms with van der Waals surface area (Å²) in [5.41, 5.74) is 1.24. The van der Waals surface area contributed by atoms with E-state index in [9.17, 15) is 8.42 Å². The number of aryl methyl sites for hydroxylation is 1. The number of piperidine rings is 1. The number of rotatable bonds is 7. The molecule has 1 unspecified atom stereocenters. The largest absolute Gasteiger partial charge is 0.314 e. The molecular formula is C14H24N2O2S2. The van der Waals surface area contributed by atoms with Crippen LogP contribution >= 0.6 is 11.3 Å². The van der Waals surface area contributed by atoms with Crippen molar-refractivity contribution in [2.75, 3.05) is 12.3 Å². The quantitative estimate of drug-likeness (QED) is 0.811. The third-order valence-electron chi connectivity index (χ3n) is 3.82. The number of thiophene rings is 1. The van der Waals surface area contributed by atoms with E-state index in [0.717, 1.165) is 24.3 Å². The van der Waals surface area contributed by atoms with Gasteiger partial charge in [-0.1, -0.05) is 13.3 Å². The van der Waals surface area contributed by atoms with E-state index in [1.807, 2.05) is 5.38 Å². The van der Waals surface area contributed by atoms with Crippen LogP contribution in [0.2, 0.25) is 0 Å². The minimum atomic E-state index is -3.17. The molecule has 1 atom stereocenters. The first-order chi connectivity index (χ1) is 9.61. The van der Waals surface area contributed by atoms with E-state index in [2.05, 4.69) is 23.0 Å². The highest BCUT2D eigenvalue weighted by Gasteiger charge is 2.17. The van der Waals surface area contributed by atoms with Crippen LogP contribution in [0.15, 0.2) is 11.4 Å². The molecule has 2 N–H and O–H groups in total. The smallest absolute Gasteiger partial charge is 0.211 e. The average Bonchev–Trinajstić information content (AvgIpc) is 2.92. The zero-order chi connectivity index (χ0) is 14.4. The van der Waals surface area contributed by atoms with Crippen molar-refractivity contribution in [3.8, 4) is 0 Å². The van der Waals surface area contributed by atoms with Crippen LogP contribution in [-0.4, -0.2) is 26.8 Å². The van der Waals surface area contributed by atoms with Crippen molar-refractivity contribution < 1.29 is 8.42 Å². The summed E-state index contributed by atoms with van der Waals surface area (Å²) in [4.78, 5) is 1.13. The zero-order valence-corrected chi connectivity index (χ0v) is 13.7. The normalized spacial score (nSPS) is 20.1. The second kappa shape index (κ2) is 7.54. The van der Waals surface area contributed by atoms with E-state index in [1.165, 1.54) is 18.4 Å². The maximum atomic E-state index is 12.0. The average molecular weight is 316 g/mol. The number of hydrogen-bond acceptors (Lipinski definition) is 4. The Morgan fingerprint density at radius 2 is 2.30 bits per heavy atom. The number of nitrogens with one attached hydrogen (secondary N) is 2. The molecule has 1 aliphatic heterocycles. The first kappa shape index (κ1) is 15.9. The van der Waals surface area contributed by atoms with Crippen LogP contribution in [0.3, 0.4) is 0 Å². The lowest BCUT2D eigenvalue weighted by molar-refractivity contribution is 0.392. The third kappa shape index (κ3) is 4.84. The lowest BCUT2D eigenvalue weighted by Gasteiger charge is -2.23. The summed E-state index contributed by atoms with van der Waals surface area (Å²) in [7, 11) is -3.17. The van der Waals surface area contributed by atoms with Crippen molar-refractivity contribution in [1.29, 1.82) is 0 Å². The lowest BCUT2D eigenvalue weighted by atomic mass is 10.0. The maximum absolute atomic E-state index is 12.0. The summed E-state index contributed by atoms with van der Waals surface area (Å²) in [5, 5.41) is 5.41. The van der Waals surface area contributed by atoms with E-state index in [1.54, 1.807) is 11.3 Å². The monoisotopic (exact) mass is 316 g/mol. The molecule has 20 heavy (non-hydrogen) atoms. The number of sulfonamides is 1. The minimum Gasteiger partial charge on any atom is -0.314 e. The molecule has 2 heterocycles. The molecule has 114 valence electrons. The Balaban J connectivity index is 1.78. The maximum Gasteiger partial charge on any atom is 0.211 e. The van der Waals surface area contributed by atoms with Crippen molar-refractivity contribution in [2.24, 2.45) is 0 Å². The van der Waals surface area contributed by atoms with Gasteiger partial charge in [-0.3, -0.25) is 0 Å². The molecule has 1 saturated heterocycles. The van der Waals surface area contributed by atoms with Gasteiger partial charge < -0.3 is 5.32 Å². The molecule has 4 nitrogen and oxygen atoms in total. The van der Waals surface area contributed by atoms with E-state index in [-0.39, 0.29) is 5.75 Å². The molecule has 0 saturated carbocycles. The van der Waals surface area contributed by atoms with Crippen LogP contribution in [0.25, 0.3) is 0 Å². The molecule has 2 rings (SSSR count). The van der Waals surface area contributed by atoms with Crippen LogP contribution in [0.5, 0.6) is 0 Å². The second-order valence-electron chi connectivity index (χ2n) is 5.30. The summed E-state index contributed by atoms with van der Waals surface area (Å²) in [6.07, 6.45) is 5.17. The minimum absolute atomic E-state index is 0.220. The number of hydrogen-bond donors (Lipinski definition) is 2. The molecular weight excluding hydrogens is 292 g/mol.